The monoisotopic (exact) mass is 365 g/mol. The molecular weight excluding hydrogens is 338 g/mol. The summed E-state index contributed by atoms with van der Waals surface area (Å²) in [4.78, 5) is 12.1. The quantitative estimate of drug-likeness (QED) is 0.731. The van der Waals surface area contributed by atoms with Gasteiger partial charge in [0.15, 0.2) is 0 Å². The van der Waals surface area contributed by atoms with Crippen LogP contribution in [0.15, 0.2) is 29.2 Å². The maximum atomic E-state index is 12.6. The molecule has 1 heterocycles. The van der Waals surface area contributed by atoms with E-state index in [1.54, 1.807) is 28.6 Å². The molecule has 1 aliphatic carbocycles. The zero-order chi connectivity index (χ0) is 17.7. The van der Waals surface area contributed by atoms with Crippen molar-refractivity contribution in [2.45, 2.75) is 43.5 Å². The van der Waals surface area contributed by atoms with Crippen molar-refractivity contribution in [1.82, 2.24) is 14.9 Å². The Labute approximate surface area is 150 Å². The first kappa shape index (κ1) is 18.4. The van der Waals surface area contributed by atoms with E-state index in [0.717, 1.165) is 37.3 Å². The lowest BCUT2D eigenvalue weighted by Crippen LogP contribution is -2.35. The van der Waals surface area contributed by atoms with Gasteiger partial charge in [-0.2, -0.15) is 4.31 Å². The van der Waals surface area contributed by atoms with Crippen molar-refractivity contribution in [3.05, 3.63) is 29.8 Å². The molecule has 1 aromatic carbocycles. The first-order valence-corrected chi connectivity index (χ1v) is 10.6. The van der Waals surface area contributed by atoms with Crippen molar-refractivity contribution in [1.29, 1.82) is 0 Å². The number of hydrogen-bond donors (Lipinski definition) is 2. The van der Waals surface area contributed by atoms with Crippen LogP contribution in [-0.4, -0.2) is 44.8 Å². The Morgan fingerprint density at radius 2 is 1.76 bits per heavy atom. The lowest BCUT2D eigenvalue weighted by atomic mass is 10.2. The highest BCUT2D eigenvalue weighted by Crippen LogP contribution is 2.27. The number of carbonyl (C=O) groups is 1. The minimum absolute atomic E-state index is 0.0364. The highest BCUT2D eigenvalue weighted by atomic mass is 32.2. The maximum absolute atomic E-state index is 12.6. The average Bonchev–Trinajstić information content (AvgIpc) is 3.45. The third-order valence-electron chi connectivity index (χ3n) is 4.78. The molecule has 25 heavy (non-hydrogen) atoms. The van der Waals surface area contributed by atoms with Crippen LogP contribution in [0.4, 0.5) is 0 Å². The Morgan fingerprint density at radius 3 is 2.40 bits per heavy atom. The molecule has 0 bridgehead atoms. The summed E-state index contributed by atoms with van der Waals surface area (Å²) < 4.78 is 26.7. The highest BCUT2D eigenvalue weighted by molar-refractivity contribution is 7.89. The molecule has 2 fully saturated rings. The second kappa shape index (κ2) is 8.29. The first-order chi connectivity index (χ1) is 12.1. The Kier molecular flexibility index (Phi) is 6.09. The van der Waals surface area contributed by atoms with E-state index >= 15 is 0 Å². The van der Waals surface area contributed by atoms with Crippen molar-refractivity contribution >= 4 is 15.9 Å². The molecule has 0 atom stereocenters. The summed E-state index contributed by atoms with van der Waals surface area (Å²) in [7, 11) is -3.39. The average molecular weight is 365 g/mol. The van der Waals surface area contributed by atoms with Gasteiger partial charge in [0.1, 0.15) is 0 Å². The van der Waals surface area contributed by atoms with Gasteiger partial charge in [-0.15, -0.1) is 0 Å². The van der Waals surface area contributed by atoms with Gasteiger partial charge in [-0.25, -0.2) is 8.42 Å². The number of hydrogen-bond acceptors (Lipinski definition) is 4. The van der Waals surface area contributed by atoms with Crippen molar-refractivity contribution in [3.63, 3.8) is 0 Å². The SMILES string of the molecule is O=C(CNCC1CC1)NCc1ccc(S(=O)(=O)N2CCCCC2)cc1. The number of nitrogens with zero attached hydrogens (tertiary/aromatic N) is 1. The van der Waals surface area contributed by atoms with Crippen LogP contribution in [0.1, 0.15) is 37.7 Å². The van der Waals surface area contributed by atoms with E-state index in [1.807, 2.05) is 0 Å². The predicted molar refractivity (Wildman–Crippen MR) is 96.5 cm³/mol. The number of sulfonamides is 1. The van der Waals surface area contributed by atoms with Crippen molar-refractivity contribution in [2.75, 3.05) is 26.2 Å². The van der Waals surface area contributed by atoms with Crippen LogP contribution in [-0.2, 0) is 21.4 Å². The van der Waals surface area contributed by atoms with Crippen LogP contribution in [0.3, 0.4) is 0 Å². The van der Waals surface area contributed by atoms with E-state index < -0.39 is 10.0 Å². The van der Waals surface area contributed by atoms with Crippen LogP contribution in [0.2, 0.25) is 0 Å². The fraction of sp³-hybridized carbons (Fsp3) is 0.611. The Balaban J connectivity index is 1.48. The zero-order valence-electron chi connectivity index (χ0n) is 14.5. The van der Waals surface area contributed by atoms with Gasteiger partial charge in [-0.05, 0) is 55.8 Å². The molecule has 2 N–H and O–H groups in total. The van der Waals surface area contributed by atoms with E-state index in [4.69, 9.17) is 0 Å². The minimum atomic E-state index is -3.39. The molecule has 3 rings (SSSR count). The van der Waals surface area contributed by atoms with E-state index in [-0.39, 0.29) is 5.91 Å². The molecule has 1 amide bonds. The number of carbonyl (C=O) groups excluding carboxylic acids is 1. The molecule has 2 aliphatic rings. The Bertz CT molecular complexity index is 678. The predicted octanol–water partition coefficient (Wildman–Crippen LogP) is 1.48. The van der Waals surface area contributed by atoms with Crippen molar-refractivity contribution < 1.29 is 13.2 Å². The molecule has 0 radical (unpaired) electrons. The molecule has 138 valence electrons. The summed E-state index contributed by atoms with van der Waals surface area (Å²) in [6.07, 6.45) is 5.49. The number of piperidine rings is 1. The number of benzene rings is 1. The van der Waals surface area contributed by atoms with Gasteiger partial charge in [-0.1, -0.05) is 18.6 Å². The zero-order valence-corrected chi connectivity index (χ0v) is 15.4. The van der Waals surface area contributed by atoms with Crippen LogP contribution in [0.5, 0.6) is 0 Å². The van der Waals surface area contributed by atoms with E-state index in [0.29, 0.717) is 31.1 Å². The molecule has 0 aromatic heterocycles. The normalized spacial score (nSPS) is 18.9. The first-order valence-electron chi connectivity index (χ1n) is 9.12. The largest absolute Gasteiger partial charge is 0.351 e. The number of rotatable bonds is 8. The molecular formula is C18H27N3O3S. The molecule has 1 saturated heterocycles. The Hall–Kier alpha value is -1.44. The lowest BCUT2D eigenvalue weighted by molar-refractivity contribution is -0.120. The standard InChI is InChI=1S/C18H27N3O3S/c22-18(14-19-12-15-4-5-15)20-13-16-6-8-17(9-7-16)25(23,24)21-10-2-1-3-11-21/h6-9,15,19H,1-5,10-14H2,(H,20,22). The smallest absolute Gasteiger partial charge is 0.243 e. The Morgan fingerprint density at radius 1 is 1.08 bits per heavy atom. The topological polar surface area (TPSA) is 78.5 Å². The lowest BCUT2D eigenvalue weighted by Gasteiger charge is -2.25. The van der Waals surface area contributed by atoms with Gasteiger partial charge in [-0.3, -0.25) is 4.79 Å². The van der Waals surface area contributed by atoms with Gasteiger partial charge in [0.25, 0.3) is 0 Å². The second-order valence-corrected chi connectivity index (χ2v) is 8.90. The second-order valence-electron chi connectivity index (χ2n) is 6.96. The van der Waals surface area contributed by atoms with Gasteiger partial charge in [0.05, 0.1) is 11.4 Å². The summed E-state index contributed by atoms with van der Waals surface area (Å²) in [5.74, 6) is 0.716. The maximum Gasteiger partial charge on any atom is 0.243 e. The fourth-order valence-corrected chi connectivity index (χ4v) is 4.53. The molecule has 0 spiro atoms. The molecule has 7 heteroatoms. The fourth-order valence-electron chi connectivity index (χ4n) is 3.01. The van der Waals surface area contributed by atoms with E-state index in [9.17, 15) is 13.2 Å². The van der Waals surface area contributed by atoms with Crippen molar-refractivity contribution in [3.8, 4) is 0 Å². The summed E-state index contributed by atoms with van der Waals surface area (Å²) in [5.41, 5.74) is 0.896. The van der Waals surface area contributed by atoms with E-state index in [1.165, 1.54) is 12.8 Å². The molecule has 1 aliphatic heterocycles. The third-order valence-corrected chi connectivity index (χ3v) is 6.69. The van der Waals surface area contributed by atoms with Crippen LogP contribution < -0.4 is 10.6 Å². The van der Waals surface area contributed by atoms with Gasteiger partial charge in [0.2, 0.25) is 15.9 Å². The van der Waals surface area contributed by atoms with Gasteiger partial charge in [0, 0.05) is 19.6 Å². The van der Waals surface area contributed by atoms with Crippen LogP contribution >= 0.6 is 0 Å². The van der Waals surface area contributed by atoms with Gasteiger partial charge < -0.3 is 10.6 Å². The number of amides is 1. The summed E-state index contributed by atoms with van der Waals surface area (Å²) >= 11 is 0. The minimum Gasteiger partial charge on any atom is -0.351 e. The van der Waals surface area contributed by atoms with Crippen LogP contribution in [0, 0.1) is 5.92 Å². The third kappa shape index (κ3) is 5.26. The van der Waals surface area contributed by atoms with Gasteiger partial charge >= 0.3 is 0 Å². The van der Waals surface area contributed by atoms with Crippen molar-refractivity contribution in [2.24, 2.45) is 5.92 Å². The molecule has 1 saturated carbocycles. The van der Waals surface area contributed by atoms with E-state index in [2.05, 4.69) is 10.6 Å². The molecule has 6 nitrogen and oxygen atoms in total. The summed E-state index contributed by atoms with van der Waals surface area (Å²) in [6.45, 7) is 2.87. The molecule has 1 aromatic rings. The summed E-state index contributed by atoms with van der Waals surface area (Å²) in [6, 6.07) is 6.82. The summed E-state index contributed by atoms with van der Waals surface area (Å²) in [5, 5.41) is 6.01. The van der Waals surface area contributed by atoms with Crippen LogP contribution in [0.25, 0.3) is 0 Å². The highest BCUT2D eigenvalue weighted by Gasteiger charge is 2.25. The number of nitrogens with one attached hydrogen (secondary N) is 2. The molecule has 0 unspecified atom stereocenters.